The molecule has 19 heavy (non-hydrogen) atoms. The fraction of sp³-hybridized carbons (Fsp3) is 0.417. The molecule has 0 unspecified atom stereocenters. The minimum Gasteiger partial charge on any atom is -0.487 e. The molecule has 0 aromatic heterocycles. The van der Waals surface area contributed by atoms with E-state index in [-0.39, 0.29) is 24.0 Å². The van der Waals surface area contributed by atoms with Crippen molar-refractivity contribution in [2.24, 2.45) is 0 Å². The first kappa shape index (κ1) is 14.1. The van der Waals surface area contributed by atoms with Gasteiger partial charge in [-0.25, -0.2) is 8.42 Å². The van der Waals surface area contributed by atoms with Crippen molar-refractivity contribution in [3.8, 4) is 5.75 Å². The number of carboxylic acids is 1. The Bertz CT molecular complexity index is 584. The first-order valence-corrected chi connectivity index (χ1v) is 7.93. The van der Waals surface area contributed by atoms with Gasteiger partial charge in [-0.05, 0) is 24.1 Å². The van der Waals surface area contributed by atoms with Crippen molar-refractivity contribution in [2.75, 3.05) is 11.5 Å². The van der Waals surface area contributed by atoms with Crippen LogP contribution in [0.15, 0.2) is 18.2 Å². The molecular weight excluding hydrogens is 292 g/mol. The maximum Gasteiger partial charge on any atom is 0.303 e. The third-order valence-electron chi connectivity index (χ3n) is 2.80. The summed E-state index contributed by atoms with van der Waals surface area (Å²) in [7, 11) is -2.92. The van der Waals surface area contributed by atoms with Gasteiger partial charge in [0.15, 0.2) is 9.84 Å². The zero-order valence-corrected chi connectivity index (χ0v) is 11.6. The standard InChI is InChI=1S/C12H13ClO5S/c13-10-5-8(2-4-12(14)15)1-3-11(10)18-9-6-19(16,17)7-9/h1,3,5,9H,2,4,6-7H2,(H,14,15). The van der Waals surface area contributed by atoms with Gasteiger partial charge in [0.25, 0.3) is 0 Å². The number of aliphatic carboxylic acids is 1. The molecule has 1 N–H and O–H groups in total. The highest BCUT2D eigenvalue weighted by Gasteiger charge is 2.35. The van der Waals surface area contributed by atoms with Crippen molar-refractivity contribution in [1.82, 2.24) is 0 Å². The van der Waals surface area contributed by atoms with E-state index in [1.807, 2.05) is 0 Å². The monoisotopic (exact) mass is 304 g/mol. The van der Waals surface area contributed by atoms with Gasteiger partial charge >= 0.3 is 5.97 Å². The molecule has 1 fully saturated rings. The molecule has 0 atom stereocenters. The lowest BCUT2D eigenvalue weighted by Crippen LogP contribution is -2.45. The van der Waals surface area contributed by atoms with Crippen molar-refractivity contribution >= 4 is 27.4 Å². The van der Waals surface area contributed by atoms with Crippen LogP contribution in [0.4, 0.5) is 0 Å². The molecule has 1 aliphatic heterocycles. The number of carbonyl (C=O) groups is 1. The van der Waals surface area contributed by atoms with Gasteiger partial charge in [0.1, 0.15) is 11.9 Å². The first-order chi connectivity index (χ1) is 8.85. The third-order valence-corrected chi connectivity index (χ3v) is 4.85. The van der Waals surface area contributed by atoms with Gasteiger partial charge in [0.2, 0.25) is 0 Å². The summed E-state index contributed by atoms with van der Waals surface area (Å²) >= 11 is 6.02. The Balaban J connectivity index is 1.97. The average Bonchev–Trinajstić information content (AvgIpc) is 2.27. The molecule has 0 aliphatic carbocycles. The van der Waals surface area contributed by atoms with E-state index in [0.717, 1.165) is 5.56 Å². The van der Waals surface area contributed by atoms with E-state index in [2.05, 4.69) is 0 Å². The molecule has 1 aliphatic rings. The van der Waals surface area contributed by atoms with Gasteiger partial charge < -0.3 is 9.84 Å². The summed E-state index contributed by atoms with van der Waals surface area (Å²) in [4.78, 5) is 10.5. The van der Waals surface area contributed by atoms with Crippen LogP contribution in [-0.2, 0) is 21.1 Å². The fourth-order valence-corrected chi connectivity index (χ4v) is 3.23. The lowest BCUT2D eigenvalue weighted by Gasteiger charge is -2.27. The molecule has 0 spiro atoms. The molecule has 7 heteroatoms. The molecule has 1 aromatic carbocycles. The van der Waals surface area contributed by atoms with Crippen LogP contribution >= 0.6 is 11.6 Å². The zero-order chi connectivity index (χ0) is 14.0. The number of ether oxygens (including phenoxy) is 1. The molecular formula is C12H13ClO5S. The fourth-order valence-electron chi connectivity index (χ4n) is 1.81. The van der Waals surface area contributed by atoms with Gasteiger partial charge in [-0.3, -0.25) is 4.79 Å². The van der Waals surface area contributed by atoms with Crippen molar-refractivity contribution in [2.45, 2.75) is 18.9 Å². The van der Waals surface area contributed by atoms with Gasteiger partial charge in [-0.1, -0.05) is 17.7 Å². The van der Waals surface area contributed by atoms with Crippen LogP contribution in [0.25, 0.3) is 0 Å². The highest BCUT2D eigenvalue weighted by atomic mass is 35.5. The number of halogens is 1. The molecule has 1 heterocycles. The van der Waals surface area contributed by atoms with Gasteiger partial charge in [-0.2, -0.15) is 0 Å². The molecule has 1 aromatic rings. The van der Waals surface area contributed by atoms with Crippen LogP contribution in [-0.4, -0.2) is 37.1 Å². The lowest BCUT2D eigenvalue weighted by atomic mass is 10.1. The Labute approximate surface area is 116 Å². The van der Waals surface area contributed by atoms with E-state index in [1.165, 1.54) is 0 Å². The van der Waals surface area contributed by atoms with Gasteiger partial charge in [0, 0.05) is 6.42 Å². The summed E-state index contributed by atoms with van der Waals surface area (Å²) < 4.78 is 27.5. The topological polar surface area (TPSA) is 80.7 Å². The minimum absolute atomic E-state index is 0.0180. The Morgan fingerprint density at radius 2 is 2.11 bits per heavy atom. The molecule has 5 nitrogen and oxygen atoms in total. The minimum atomic E-state index is -2.92. The SMILES string of the molecule is O=C(O)CCc1ccc(OC2CS(=O)(=O)C2)c(Cl)c1. The second-order valence-corrected chi connectivity index (χ2v) is 7.04. The third kappa shape index (κ3) is 3.84. The molecule has 0 amide bonds. The van der Waals surface area contributed by atoms with Crippen LogP contribution in [0.2, 0.25) is 5.02 Å². The number of carboxylic acid groups (broad SMARTS) is 1. The number of sulfone groups is 1. The Morgan fingerprint density at radius 1 is 1.42 bits per heavy atom. The van der Waals surface area contributed by atoms with Crippen LogP contribution < -0.4 is 4.74 Å². The Morgan fingerprint density at radius 3 is 2.63 bits per heavy atom. The zero-order valence-electron chi connectivity index (χ0n) is 10.0. The van der Waals surface area contributed by atoms with Crippen molar-refractivity contribution in [1.29, 1.82) is 0 Å². The average molecular weight is 305 g/mol. The van der Waals surface area contributed by atoms with Crippen LogP contribution in [0.5, 0.6) is 5.75 Å². The van der Waals surface area contributed by atoms with Gasteiger partial charge in [-0.15, -0.1) is 0 Å². The molecule has 0 radical (unpaired) electrons. The van der Waals surface area contributed by atoms with Crippen molar-refractivity contribution < 1.29 is 23.1 Å². The summed E-state index contributed by atoms with van der Waals surface area (Å²) in [5.74, 6) is -0.398. The van der Waals surface area contributed by atoms with Crippen molar-refractivity contribution in [3.63, 3.8) is 0 Å². The highest BCUT2D eigenvalue weighted by molar-refractivity contribution is 7.92. The van der Waals surface area contributed by atoms with E-state index in [0.29, 0.717) is 17.2 Å². The highest BCUT2D eigenvalue weighted by Crippen LogP contribution is 2.29. The number of benzene rings is 1. The van der Waals surface area contributed by atoms with E-state index >= 15 is 0 Å². The maximum atomic E-state index is 11.0. The quantitative estimate of drug-likeness (QED) is 0.892. The molecule has 1 saturated heterocycles. The van der Waals surface area contributed by atoms with Crippen molar-refractivity contribution in [3.05, 3.63) is 28.8 Å². The molecule has 0 bridgehead atoms. The van der Waals surface area contributed by atoms with Crippen LogP contribution in [0, 0.1) is 0 Å². The van der Waals surface area contributed by atoms with E-state index in [4.69, 9.17) is 21.4 Å². The van der Waals surface area contributed by atoms with Crippen LogP contribution in [0.1, 0.15) is 12.0 Å². The maximum absolute atomic E-state index is 11.0. The second-order valence-electron chi connectivity index (χ2n) is 4.48. The molecule has 0 saturated carbocycles. The number of aryl methyl sites for hydroxylation is 1. The lowest BCUT2D eigenvalue weighted by molar-refractivity contribution is -0.136. The van der Waals surface area contributed by atoms with Gasteiger partial charge in [0.05, 0.1) is 16.5 Å². The summed E-state index contributed by atoms with van der Waals surface area (Å²) in [6.07, 6.45) is 0.0947. The Kier molecular flexibility index (Phi) is 4.01. The van der Waals surface area contributed by atoms with Crippen LogP contribution in [0.3, 0.4) is 0 Å². The summed E-state index contributed by atoms with van der Waals surface area (Å²) in [5.41, 5.74) is 0.806. The smallest absolute Gasteiger partial charge is 0.303 e. The predicted octanol–water partition coefficient (Wildman–Crippen LogP) is 1.53. The summed E-state index contributed by atoms with van der Waals surface area (Å²) in [6.45, 7) is 0. The summed E-state index contributed by atoms with van der Waals surface area (Å²) in [5, 5.41) is 8.96. The molecule has 2 rings (SSSR count). The number of rotatable bonds is 5. The largest absolute Gasteiger partial charge is 0.487 e. The number of hydrogen-bond acceptors (Lipinski definition) is 4. The second kappa shape index (κ2) is 5.38. The van der Waals surface area contributed by atoms with E-state index < -0.39 is 15.8 Å². The summed E-state index contributed by atoms with van der Waals surface area (Å²) in [6, 6.07) is 5.02. The number of hydrogen-bond donors (Lipinski definition) is 1. The normalized spacial score (nSPS) is 17.7. The van der Waals surface area contributed by atoms with E-state index in [9.17, 15) is 13.2 Å². The molecule has 104 valence electrons. The Hall–Kier alpha value is -1.27. The predicted molar refractivity (Wildman–Crippen MR) is 70.5 cm³/mol. The first-order valence-electron chi connectivity index (χ1n) is 5.73. The van der Waals surface area contributed by atoms with E-state index in [1.54, 1.807) is 18.2 Å².